The maximum absolute atomic E-state index is 11.5. The molecule has 2 unspecified atom stereocenters. The Morgan fingerprint density at radius 2 is 2.07 bits per heavy atom. The summed E-state index contributed by atoms with van der Waals surface area (Å²) in [6, 6.07) is 0.430. The SMILES string of the molecule is CNCCC(=O)NC1CCCC(C)CC1. The van der Waals surface area contributed by atoms with Crippen LogP contribution in [-0.2, 0) is 4.79 Å². The standard InChI is InChI=1S/C12H24N2O/c1-10-4-3-5-11(7-6-10)14-12(15)8-9-13-2/h10-11,13H,3-9H2,1-2H3,(H,14,15). The van der Waals surface area contributed by atoms with E-state index in [2.05, 4.69) is 17.6 Å². The lowest BCUT2D eigenvalue weighted by molar-refractivity contribution is -0.121. The van der Waals surface area contributed by atoms with Gasteiger partial charge in [0.1, 0.15) is 0 Å². The molecule has 1 fully saturated rings. The van der Waals surface area contributed by atoms with Crippen LogP contribution in [0.4, 0.5) is 0 Å². The second-order valence-corrected chi connectivity index (χ2v) is 4.73. The highest BCUT2D eigenvalue weighted by atomic mass is 16.1. The van der Waals surface area contributed by atoms with E-state index < -0.39 is 0 Å². The third kappa shape index (κ3) is 5.17. The summed E-state index contributed by atoms with van der Waals surface area (Å²) in [6.07, 6.45) is 6.77. The van der Waals surface area contributed by atoms with Gasteiger partial charge in [-0.15, -0.1) is 0 Å². The molecular weight excluding hydrogens is 188 g/mol. The zero-order chi connectivity index (χ0) is 11.1. The van der Waals surface area contributed by atoms with Gasteiger partial charge >= 0.3 is 0 Å². The second kappa shape index (κ2) is 6.83. The quantitative estimate of drug-likeness (QED) is 0.696. The number of hydrogen-bond acceptors (Lipinski definition) is 2. The zero-order valence-corrected chi connectivity index (χ0v) is 10.0. The monoisotopic (exact) mass is 212 g/mol. The van der Waals surface area contributed by atoms with Gasteiger partial charge in [-0.25, -0.2) is 0 Å². The lowest BCUT2D eigenvalue weighted by Gasteiger charge is -2.16. The molecule has 0 aromatic carbocycles. The first kappa shape index (κ1) is 12.5. The van der Waals surface area contributed by atoms with Gasteiger partial charge in [0, 0.05) is 19.0 Å². The highest BCUT2D eigenvalue weighted by Crippen LogP contribution is 2.22. The van der Waals surface area contributed by atoms with E-state index in [1.165, 1.54) is 19.3 Å². The number of hydrogen-bond donors (Lipinski definition) is 2. The predicted molar refractivity (Wildman–Crippen MR) is 62.7 cm³/mol. The summed E-state index contributed by atoms with van der Waals surface area (Å²) >= 11 is 0. The van der Waals surface area contributed by atoms with Crippen molar-refractivity contribution >= 4 is 5.91 Å². The predicted octanol–water partition coefficient (Wildman–Crippen LogP) is 1.68. The van der Waals surface area contributed by atoms with Crippen molar-refractivity contribution in [3.63, 3.8) is 0 Å². The number of nitrogens with one attached hydrogen (secondary N) is 2. The van der Waals surface area contributed by atoms with Crippen LogP contribution in [0.1, 0.15) is 45.4 Å². The molecule has 1 aliphatic rings. The number of carbonyl (C=O) groups is 1. The molecule has 0 aromatic rings. The molecule has 0 aromatic heterocycles. The van der Waals surface area contributed by atoms with E-state index >= 15 is 0 Å². The third-order valence-electron chi connectivity index (χ3n) is 3.22. The Morgan fingerprint density at radius 1 is 1.27 bits per heavy atom. The summed E-state index contributed by atoms with van der Waals surface area (Å²) in [6.45, 7) is 3.08. The molecule has 1 amide bonds. The Labute approximate surface area is 93.0 Å². The molecule has 15 heavy (non-hydrogen) atoms. The van der Waals surface area contributed by atoms with Crippen LogP contribution < -0.4 is 10.6 Å². The maximum Gasteiger partial charge on any atom is 0.221 e. The number of carbonyl (C=O) groups excluding carboxylic acids is 1. The van der Waals surface area contributed by atoms with Crippen molar-refractivity contribution in [1.29, 1.82) is 0 Å². The topological polar surface area (TPSA) is 41.1 Å². The van der Waals surface area contributed by atoms with E-state index in [9.17, 15) is 4.79 Å². The van der Waals surface area contributed by atoms with E-state index in [-0.39, 0.29) is 5.91 Å². The van der Waals surface area contributed by atoms with Gasteiger partial charge in [0.15, 0.2) is 0 Å². The van der Waals surface area contributed by atoms with Crippen molar-refractivity contribution in [3.05, 3.63) is 0 Å². The summed E-state index contributed by atoms with van der Waals surface area (Å²) in [5.74, 6) is 1.04. The largest absolute Gasteiger partial charge is 0.353 e. The Balaban J connectivity index is 2.22. The van der Waals surface area contributed by atoms with E-state index in [1.807, 2.05) is 7.05 Å². The molecule has 2 N–H and O–H groups in total. The van der Waals surface area contributed by atoms with Crippen molar-refractivity contribution in [2.75, 3.05) is 13.6 Å². The summed E-state index contributed by atoms with van der Waals surface area (Å²) < 4.78 is 0. The van der Waals surface area contributed by atoms with Gasteiger partial charge in [0.2, 0.25) is 5.91 Å². The molecule has 0 bridgehead atoms. The van der Waals surface area contributed by atoms with Crippen molar-refractivity contribution in [2.24, 2.45) is 5.92 Å². The van der Waals surface area contributed by atoms with Gasteiger partial charge in [0.25, 0.3) is 0 Å². The van der Waals surface area contributed by atoms with Crippen molar-refractivity contribution < 1.29 is 4.79 Å². The fourth-order valence-corrected chi connectivity index (χ4v) is 2.17. The molecule has 0 aliphatic heterocycles. The third-order valence-corrected chi connectivity index (χ3v) is 3.22. The second-order valence-electron chi connectivity index (χ2n) is 4.73. The van der Waals surface area contributed by atoms with Gasteiger partial charge in [-0.1, -0.05) is 19.8 Å². The lowest BCUT2D eigenvalue weighted by Crippen LogP contribution is -2.35. The molecule has 1 saturated carbocycles. The summed E-state index contributed by atoms with van der Waals surface area (Å²) in [4.78, 5) is 11.5. The molecular formula is C12H24N2O. The summed E-state index contributed by atoms with van der Waals surface area (Å²) in [5.41, 5.74) is 0. The van der Waals surface area contributed by atoms with E-state index in [0.29, 0.717) is 12.5 Å². The van der Waals surface area contributed by atoms with Gasteiger partial charge in [-0.3, -0.25) is 4.79 Å². The first-order chi connectivity index (χ1) is 7.22. The Kier molecular flexibility index (Phi) is 5.69. The zero-order valence-electron chi connectivity index (χ0n) is 10.0. The van der Waals surface area contributed by atoms with Gasteiger partial charge in [-0.2, -0.15) is 0 Å². The van der Waals surface area contributed by atoms with Gasteiger partial charge in [0.05, 0.1) is 0 Å². The fourth-order valence-electron chi connectivity index (χ4n) is 2.17. The summed E-state index contributed by atoms with van der Waals surface area (Å²) in [7, 11) is 1.88. The van der Waals surface area contributed by atoms with Crippen molar-refractivity contribution in [1.82, 2.24) is 10.6 Å². The molecule has 0 saturated heterocycles. The smallest absolute Gasteiger partial charge is 0.221 e. The van der Waals surface area contributed by atoms with Crippen LogP contribution in [0, 0.1) is 5.92 Å². The fraction of sp³-hybridized carbons (Fsp3) is 0.917. The Morgan fingerprint density at radius 3 is 2.80 bits per heavy atom. The minimum Gasteiger partial charge on any atom is -0.353 e. The minimum atomic E-state index is 0.198. The van der Waals surface area contributed by atoms with E-state index in [1.54, 1.807) is 0 Å². The molecule has 2 atom stereocenters. The normalized spacial score (nSPS) is 27.1. The van der Waals surface area contributed by atoms with E-state index in [0.717, 1.165) is 25.3 Å². The highest BCUT2D eigenvalue weighted by molar-refractivity contribution is 5.76. The van der Waals surface area contributed by atoms with Gasteiger partial charge in [-0.05, 0) is 32.2 Å². The highest BCUT2D eigenvalue weighted by Gasteiger charge is 2.17. The van der Waals surface area contributed by atoms with Crippen LogP contribution in [-0.4, -0.2) is 25.5 Å². The molecule has 0 heterocycles. The molecule has 3 heteroatoms. The molecule has 1 aliphatic carbocycles. The minimum absolute atomic E-state index is 0.198. The number of rotatable bonds is 4. The Hall–Kier alpha value is -0.570. The van der Waals surface area contributed by atoms with Crippen molar-refractivity contribution in [3.8, 4) is 0 Å². The van der Waals surface area contributed by atoms with Crippen molar-refractivity contribution in [2.45, 2.75) is 51.5 Å². The van der Waals surface area contributed by atoms with Crippen LogP contribution >= 0.6 is 0 Å². The van der Waals surface area contributed by atoms with Crippen LogP contribution in [0.15, 0.2) is 0 Å². The maximum atomic E-state index is 11.5. The first-order valence-electron chi connectivity index (χ1n) is 6.16. The number of amides is 1. The molecule has 0 radical (unpaired) electrons. The van der Waals surface area contributed by atoms with Crippen LogP contribution in [0.2, 0.25) is 0 Å². The van der Waals surface area contributed by atoms with Gasteiger partial charge < -0.3 is 10.6 Å². The molecule has 3 nitrogen and oxygen atoms in total. The molecule has 0 spiro atoms. The average Bonchev–Trinajstić information content (AvgIpc) is 2.41. The van der Waals surface area contributed by atoms with Crippen LogP contribution in [0.3, 0.4) is 0 Å². The van der Waals surface area contributed by atoms with Crippen LogP contribution in [0.5, 0.6) is 0 Å². The first-order valence-corrected chi connectivity index (χ1v) is 6.16. The molecule has 1 rings (SSSR count). The summed E-state index contributed by atoms with van der Waals surface area (Å²) in [5, 5.41) is 6.13. The lowest BCUT2D eigenvalue weighted by atomic mass is 10.0. The van der Waals surface area contributed by atoms with Crippen LogP contribution in [0.25, 0.3) is 0 Å². The average molecular weight is 212 g/mol. The Bertz CT molecular complexity index is 194. The van der Waals surface area contributed by atoms with E-state index in [4.69, 9.17) is 0 Å². The molecule has 88 valence electrons.